The summed E-state index contributed by atoms with van der Waals surface area (Å²) in [5.41, 5.74) is 3.69. The molecule has 1 aliphatic heterocycles. The smallest absolute Gasteiger partial charge is 0.230 e. The number of anilines is 2. The number of aromatic nitrogens is 1. The van der Waals surface area contributed by atoms with E-state index in [-0.39, 0.29) is 18.2 Å². The number of thiazole rings is 1. The number of rotatable bonds is 5. The van der Waals surface area contributed by atoms with Gasteiger partial charge in [-0.15, -0.1) is 11.3 Å². The maximum Gasteiger partial charge on any atom is 0.230 e. The first-order valence-electron chi connectivity index (χ1n) is 8.89. The fourth-order valence-electron chi connectivity index (χ4n) is 3.14. The maximum absolute atomic E-state index is 12.3. The van der Waals surface area contributed by atoms with Crippen LogP contribution in [-0.4, -0.2) is 23.3 Å². The predicted molar refractivity (Wildman–Crippen MR) is 108 cm³/mol. The highest BCUT2D eigenvalue weighted by molar-refractivity contribution is 7.14. The van der Waals surface area contributed by atoms with E-state index < -0.39 is 0 Å². The Bertz CT molecular complexity index is 951. The molecule has 136 valence electrons. The molecule has 1 N–H and O–H groups in total. The van der Waals surface area contributed by atoms with E-state index >= 15 is 0 Å². The minimum Gasteiger partial charge on any atom is -0.312 e. The lowest BCUT2D eigenvalue weighted by Gasteiger charge is -2.15. The van der Waals surface area contributed by atoms with Gasteiger partial charge in [0.05, 0.1) is 12.1 Å². The molecule has 4 rings (SSSR count). The molecule has 2 amide bonds. The Hall–Kier alpha value is -2.99. The van der Waals surface area contributed by atoms with Gasteiger partial charge >= 0.3 is 0 Å². The van der Waals surface area contributed by atoms with Crippen LogP contribution in [0.1, 0.15) is 18.4 Å². The van der Waals surface area contributed by atoms with Crippen LogP contribution in [0.5, 0.6) is 0 Å². The second-order valence-electron chi connectivity index (χ2n) is 6.44. The van der Waals surface area contributed by atoms with E-state index in [1.54, 1.807) is 4.90 Å². The summed E-state index contributed by atoms with van der Waals surface area (Å²) >= 11 is 1.42. The van der Waals surface area contributed by atoms with Gasteiger partial charge in [0, 0.05) is 29.6 Å². The molecule has 1 aromatic heterocycles. The molecule has 0 aliphatic carbocycles. The first-order valence-corrected chi connectivity index (χ1v) is 9.77. The van der Waals surface area contributed by atoms with E-state index in [1.807, 2.05) is 60.0 Å². The molecule has 1 saturated heterocycles. The number of hydrogen-bond donors (Lipinski definition) is 1. The Balaban J connectivity index is 1.37. The summed E-state index contributed by atoms with van der Waals surface area (Å²) in [5.74, 6) is 0.0624. The van der Waals surface area contributed by atoms with E-state index in [9.17, 15) is 9.59 Å². The first kappa shape index (κ1) is 17.4. The lowest BCUT2D eigenvalue weighted by Crippen LogP contribution is -2.23. The van der Waals surface area contributed by atoms with Gasteiger partial charge in [-0.05, 0) is 24.1 Å². The normalized spacial score (nSPS) is 13.8. The first-order chi connectivity index (χ1) is 13.2. The molecule has 2 aromatic carbocycles. The van der Waals surface area contributed by atoms with E-state index in [0.29, 0.717) is 11.6 Å². The molecule has 0 spiro atoms. The molecule has 3 aromatic rings. The highest BCUT2D eigenvalue weighted by atomic mass is 32.1. The molecule has 0 bridgehead atoms. The molecule has 27 heavy (non-hydrogen) atoms. The van der Waals surface area contributed by atoms with Crippen molar-refractivity contribution in [2.75, 3.05) is 16.8 Å². The van der Waals surface area contributed by atoms with Crippen molar-refractivity contribution in [3.63, 3.8) is 0 Å². The quantitative estimate of drug-likeness (QED) is 0.728. The summed E-state index contributed by atoms with van der Waals surface area (Å²) in [6, 6.07) is 17.5. The summed E-state index contributed by atoms with van der Waals surface area (Å²) in [6.45, 7) is 0.770. The van der Waals surface area contributed by atoms with Gasteiger partial charge < -0.3 is 10.2 Å². The van der Waals surface area contributed by atoms with Crippen LogP contribution in [-0.2, 0) is 16.0 Å². The Labute approximate surface area is 161 Å². The maximum atomic E-state index is 12.3. The highest BCUT2D eigenvalue weighted by Crippen LogP contribution is 2.25. The van der Waals surface area contributed by atoms with Crippen LogP contribution >= 0.6 is 11.3 Å². The molecule has 0 saturated carbocycles. The zero-order valence-corrected chi connectivity index (χ0v) is 15.5. The Kier molecular flexibility index (Phi) is 4.98. The van der Waals surface area contributed by atoms with Crippen molar-refractivity contribution in [3.05, 3.63) is 65.5 Å². The number of benzene rings is 2. The van der Waals surface area contributed by atoms with Crippen LogP contribution in [0.15, 0.2) is 60.0 Å². The van der Waals surface area contributed by atoms with E-state index in [2.05, 4.69) is 10.3 Å². The summed E-state index contributed by atoms with van der Waals surface area (Å²) in [7, 11) is 0. The van der Waals surface area contributed by atoms with Gasteiger partial charge in [-0.25, -0.2) is 4.98 Å². The summed E-state index contributed by atoms with van der Waals surface area (Å²) in [6.07, 6.45) is 1.79. The molecule has 2 heterocycles. The van der Waals surface area contributed by atoms with Crippen LogP contribution in [0.4, 0.5) is 10.8 Å². The van der Waals surface area contributed by atoms with Gasteiger partial charge in [0.1, 0.15) is 0 Å². The highest BCUT2D eigenvalue weighted by Gasteiger charge is 2.21. The average molecular weight is 377 g/mol. The molecule has 6 heteroatoms. The minimum absolute atomic E-state index is 0.103. The third-order valence-corrected chi connectivity index (χ3v) is 5.26. The number of nitrogens with one attached hydrogen (secondary N) is 1. The fraction of sp³-hybridized carbons (Fsp3) is 0.190. The van der Waals surface area contributed by atoms with Gasteiger partial charge in [0.25, 0.3) is 0 Å². The van der Waals surface area contributed by atoms with Gasteiger partial charge in [-0.2, -0.15) is 0 Å². The minimum atomic E-state index is -0.103. The fourth-order valence-corrected chi connectivity index (χ4v) is 3.87. The number of amides is 2. The van der Waals surface area contributed by atoms with Crippen LogP contribution < -0.4 is 10.2 Å². The molecular weight excluding hydrogens is 358 g/mol. The molecule has 0 atom stereocenters. The zero-order valence-electron chi connectivity index (χ0n) is 14.7. The number of carbonyl (C=O) groups excluding carboxylic acids is 2. The second kappa shape index (κ2) is 7.72. The van der Waals surface area contributed by atoms with E-state index in [1.165, 1.54) is 11.3 Å². The Morgan fingerprint density at radius 2 is 1.89 bits per heavy atom. The van der Waals surface area contributed by atoms with Crippen molar-refractivity contribution in [3.8, 4) is 11.3 Å². The topological polar surface area (TPSA) is 62.3 Å². The summed E-state index contributed by atoms with van der Waals surface area (Å²) in [4.78, 5) is 30.4. The van der Waals surface area contributed by atoms with Gasteiger partial charge in [-0.3, -0.25) is 9.59 Å². The second-order valence-corrected chi connectivity index (χ2v) is 7.30. The molecule has 0 unspecified atom stereocenters. The lowest BCUT2D eigenvalue weighted by atomic mass is 10.1. The number of hydrogen-bond acceptors (Lipinski definition) is 4. The molecule has 1 fully saturated rings. The third kappa shape index (κ3) is 4.06. The Morgan fingerprint density at radius 3 is 2.59 bits per heavy atom. The van der Waals surface area contributed by atoms with Gasteiger partial charge in [0.2, 0.25) is 11.8 Å². The summed E-state index contributed by atoms with van der Waals surface area (Å²) in [5, 5.41) is 5.39. The van der Waals surface area contributed by atoms with E-state index in [0.717, 1.165) is 35.5 Å². The van der Waals surface area contributed by atoms with Crippen molar-refractivity contribution >= 4 is 34.0 Å². The Morgan fingerprint density at radius 1 is 1.11 bits per heavy atom. The molecule has 1 aliphatic rings. The van der Waals surface area contributed by atoms with Gasteiger partial charge in [-0.1, -0.05) is 42.5 Å². The zero-order chi connectivity index (χ0) is 18.6. The molecule has 5 nitrogen and oxygen atoms in total. The van der Waals surface area contributed by atoms with Gasteiger partial charge in [0.15, 0.2) is 5.13 Å². The monoisotopic (exact) mass is 377 g/mol. The average Bonchev–Trinajstić information content (AvgIpc) is 3.32. The van der Waals surface area contributed by atoms with Crippen molar-refractivity contribution in [1.29, 1.82) is 0 Å². The number of carbonyl (C=O) groups is 2. The number of nitrogens with zero attached hydrogens (tertiary/aromatic N) is 2. The largest absolute Gasteiger partial charge is 0.312 e. The third-order valence-electron chi connectivity index (χ3n) is 4.51. The van der Waals surface area contributed by atoms with E-state index in [4.69, 9.17) is 0 Å². The SMILES string of the molecule is O=C(Cc1ccc(N2CCCC2=O)cc1)Nc1nc(-c2ccccc2)cs1. The molecule has 0 radical (unpaired) electrons. The predicted octanol–water partition coefficient (Wildman–Crippen LogP) is 4.12. The standard InChI is InChI=1S/C21H19N3O2S/c25-19(23-21-22-18(14-27-21)16-5-2-1-3-6-16)13-15-8-10-17(11-9-15)24-12-4-7-20(24)26/h1-3,5-6,8-11,14H,4,7,12-13H2,(H,22,23,25). The van der Waals surface area contributed by atoms with Crippen molar-refractivity contribution in [2.45, 2.75) is 19.3 Å². The molecular formula is C21H19N3O2S. The van der Waals surface area contributed by atoms with Crippen molar-refractivity contribution in [1.82, 2.24) is 4.98 Å². The van der Waals surface area contributed by atoms with Crippen LogP contribution in [0, 0.1) is 0 Å². The van der Waals surface area contributed by atoms with Crippen LogP contribution in [0.25, 0.3) is 11.3 Å². The summed E-state index contributed by atoms with van der Waals surface area (Å²) < 4.78 is 0. The lowest BCUT2D eigenvalue weighted by molar-refractivity contribution is -0.117. The van der Waals surface area contributed by atoms with Crippen LogP contribution in [0.2, 0.25) is 0 Å². The van der Waals surface area contributed by atoms with Crippen molar-refractivity contribution in [2.24, 2.45) is 0 Å². The van der Waals surface area contributed by atoms with Crippen molar-refractivity contribution < 1.29 is 9.59 Å². The van der Waals surface area contributed by atoms with Crippen LogP contribution in [0.3, 0.4) is 0 Å².